The van der Waals surface area contributed by atoms with Crippen LogP contribution in [0.15, 0.2) is 70.9 Å². The topological polar surface area (TPSA) is 109 Å². The summed E-state index contributed by atoms with van der Waals surface area (Å²) in [5.41, 5.74) is 1.05. The van der Waals surface area contributed by atoms with Gasteiger partial charge in [-0.25, -0.2) is 0 Å². The number of aromatic amines is 1. The molecule has 1 aromatic heterocycles. The van der Waals surface area contributed by atoms with Gasteiger partial charge in [-0.3, -0.25) is 0 Å². The summed E-state index contributed by atoms with van der Waals surface area (Å²) in [6, 6.07) is 18.2. The van der Waals surface area contributed by atoms with Crippen LogP contribution in [0.1, 0.15) is 0 Å². The van der Waals surface area contributed by atoms with E-state index in [1.165, 1.54) is 0 Å². The Balaban J connectivity index is 1.59. The molecule has 122 valence electrons. The molecule has 0 radical (unpaired) electrons. The standard InChI is InChI=1S/C17H12N6O2/c24-15-10-5-11-3-1-2-4-14(11)16(15)19-18-12-6-8-13(9-7-12)25-17-20-22-23-21-17/h1-10,24H,(H,20,21,22,23). The lowest BCUT2D eigenvalue weighted by Crippen LogP contribution is -1.85. The molecule has 8 heteroatoms. The molecule has 0 unspecified atom stereocenters. The maximum atomic E-state index is 10.1. The molecule has 8 nitrogen and oxygen atoms in total. The maximum absolute atomic E-state index is 10.1. The van der Waals surface area contributed by atoms with E-state index in [2.05, 4.69) is 30.9 Å². The average molecular weight is 332 g/mol. The lowest BCUT2D eigenvalue weighted by molar-refractivity contribution is 0.442. The second-order valence-electron chi connectivity index (χ2n) is 5.14. The summed E-state index contributed by atoms with van der Waals surface area (Å²) in [6.07, 6.45) is 0. The van der Waals surface area contributed by atoms with Crippen LogP contribution in [0.5, 0.6) is 17.5 Å². The van der Waals surface area contributed by atoms with Crippen molar-refractivity contribution < 1.29 is 9.84 Å². The van der Waals surface area contributed by atoms with Crippen LogP contribution < -0.4 is 4.74 Å². The molecule has 0 amide bonds. The number of phenolic OH excluding ortho intramolecular Hbond substituents is 1. The summed E-state index contributed by atoms with van der Waals surface area (Å²) in [5, 5.41) is 33.4. The average Bonchev–Trinajstić information content (AvgIpc) is 3.15. The molecule has 1 heterocycles. The first kappa shape index (κ1) is 14.8. The lowest BCUT2D eigenvalue weighted by atomic mass is 10.1. The van der Waals surface area contributed by atoms with Crippen LogP contribution in [0.2, 0.25) is 0 Å². The minimum atomic E-state index is 0.0829. The van der Waals surface area contributed by atoms with Gasteiger partial charge in [0.05, 0.1) is 5.69 Å². The Labute approximate surface area is 141 Å². The zero-order valence-corrected chi connectivity index (χ0v) is 12.9. The molecular formula is C17H12N6O2. The van der Waals surface area contributed by atoms with E-state index >= 15 is 0 Å². The maximum Gasteiger partial charge on any atom is 0.361 e. The number of ether oxygens (including phenoxy) is 1. The number of nitrogens with zero attached hydrogens (tertiary/aromatic N) is 5. The van der Waals surface area contributed by atoms with E-state index in [-0.39, 0.29) is 11.8 Å². The van der Waals surface area contributed by atoms with Crippen molar-refractivity contribution in [1.29, 1.82) is 0 Å². The number of fused-ring (bicyclic) bond motifs is 1. The number of nitrogens with one attached hydrogen (secondary N) is 1. The second-order valence-corrected chi connectivity index (χ2v) is 5.14. The molecule has 4 rings (SSSR count). The van der Waals surface area contributed by atoms with Crippen molar-refractivity contribution in [3.05, 3.63) is 60.7 Å². The van der Waals surface area contributed by atoms with Crippen molar-refractivity contribution in [3.63, 3.8) is 0 Å². The van der Waals surface area contributed by atoms with E-state index in [9.17, 15) is 5.11 Å². The number of phenols is 1. The van der Waals surface area contributed by atoms with Crippen molar-refractivity contribution in [2.45, 2.75) is 0 Å². The fraction of sp³-hybridized carbons (Fsp3) is 0. The second kappa shape index (κ2) is 6.36. The Kier molecular flexibility index (Phi) is 3.76. The van der Waals surface area contributed by atoms with Crippen LogP contribution in [0.25, 0.3) is 10.8 Å². The molecule has 0 aliphatic carbocycles. The molecule has 0 aliphatic heterocycles. The van der Waals surface area contributed by atoms with E-state index in [1.807, 2.05) is 30.3 Å². The molecule has 25 heavy (non-hydrogen) atoms. The van der Waals surface area contributed by atoms with Gasteiger partial charge in [0.1, 0.15) is 17.2 Å². The summed E-state index contributed by atoms with van der Waals surface area (Å²) in [4.78, 5) is 0. The molecule has 0 saturated carbocycles. The number of benzene rings is 3. The monoisotopic (exact) mass is 332 g/mol. The summed E-state index contributed by atoms with van der Waals surface area (Å²) < 4.78 is 5.38. The van der Waals surface area contributed by atoms with Gasteiger partial charge >= 0.3 is 6.01 Å². The predicted octanol–water partition coefficient (Wildman–Crippen LogP) is 4.27. The highest BCUT2D eigenvalue weighted by Crippen LogP contribution is 2.36. The summed E-state index contributed by atoms with van der Waals surface area (Å²) >= 11 is 0. The van der Waals surface area contributed by atoms with Crippen LogP contribution in [-0.2, 0) is 0 Å². The van der Waals surface area contributed by atoms with E-state index in [0.29, 0.717) is 17.1 Å². The first-order valence-corrected chi connectivity index (χ1v) is 7.43. The Morgan fingerprint density at radius 2 is 1.76 bits per heavy atom. The highest BCUT2D eigenvalue weighted by Gasteiger charge is 2.06. The zero-order chi connectivity index (χ0) is 17.1. The zero-order valence-electron chi connectivity index (χ0n) is 12.9. The fourth-order valence-corrected chi connectivity index (χ4v) is 2.34. The Morgan fingerprint density at radius 1 is 0.920 bits per heavy atom. The SMILES string of the molecule is Oc1ccc2ccccc2c1N=Nc1ccc(Oc2nn[nH]n2)cc1. The van der Waals surface area contributed by atoms with Crippen molar-refractivity contribution in [3.8, 4) is 17.5 Å². The molecule has 0 bridgehead atoms. The molecule has 2 N–H and O–H groups in total. The van der Waals surface area contributed by atoms with Crippen LogP contribution in [0, 0.1) is 0 Å². The van der Waals surface area contributed by atoms with Crippen LogP contribution in [0.4, 0.5) is 11.4 Å². The predicted molar refractivity (Wildman–Crippen MR) is 90.5 cm³/mol. The lowest BCUT2D eigenvalue weighted by Gasteiger charge is -2.03. The molecular weight excluding hydrogens is 320 g/mol. The Morgan fingerprint density at radius 3 is 2.56 bits per heavy atom. The van der Waals surface area contributed by atoms with Gasteiger partial charge in [-0.2, -0.15) is 10.3 Å². The molecule has 4 aromatic rings. The highest BCUT2D eigenvalue weighted by molar-refractivity contribution is 5.95. The summed E-state index contributed by atoms with van der Waals surface area (Å²) in [6.45, 7) is 0. The summed E-state index contributed by atoms with van der Waals surface area (Å²) in [7, 11) is 0. The van der Waals surface area contributed by atoms with Gasteiger partial charge in [-0.15, -0.1) is 5.11 Å². The molecule has 3 aromatic carbocycles. The van der Waals surface area contributed by atoms with E-state index in [0.717, 1.165) is 10.8 Å². The number of H-pyrrole nitrogens is 1. The number of hydrogen-bond donors (Lipinski definition) is 2. The van der Waals surface area contributed by atoms with Crippen molar-refractivity contribution >= 4 is 22.1 Å². The van der Waals surface area contributed by atoms with Gasteiger partial charge in [0.2, 0.25) is 0 Å². The number of rotatable bonds is 4. The third-order valence-corrected chi connectivity index (χ3v) is 3.52. The van der Waals surface area contributed by atoms with Crippen molar-refractivity contribution in [1.82, 2.24) is 20.6 Å². The largest absolute Gasteiger partial charge is 0.506 e. The van der Waals surface area contributed by atoms with Gasteiger partial charge in [-0.1, -0.05) is 40.5 Å². The van der Waals surface area contributed by atoms with Crippen molar-refractivity contribution in [2.75, 3.05) is 0 Å². The molecule has 0 aliphatic rings. The van der Waals surface area contributed by atoms with Crippen LogP contribution >= 0.6 is 0 Å². The third-order valence-electron chi connectivity index (χ3n) is 3.52. The van der Waals surface area contributed by atoms with Gasteiger partial charge in [-0.05, 0) is 40.9 Å². The number of azo groups is 1. The first-order valence-electron chi connectivity index (χ1n) is 7.43. The molecule has 0 fully saturated rings. The Hall–Kier alpha value is -3.81. The smallest absolute Gasteiger partial charge is 0.361 e. The molecule has 0 atom stereocenters. The van der Waals surface area contributed by atoms with E-state index < -0.39 is 0 Å². The first-order chi connectivity index (χ1) is 12.3. The molecule has 0 spiro atoms. The minimum Gasteiger partial charge on any atom is -0.506 e. The van der Waals surface area contributed by atoms with E-state index in [4.69, 9.17) is 4.74 Å². The fourth-order valence-electron chi connectivity index (χ4n) is 2.34. The minimum absolute atomic E-state index is 0.0829. The van der Waals surface area contributed by atoms with Crippen LogP contribution in [-0.4, -0.2) is 25.7 Å². The number of tetrazole rings is 1. The van der Waals surface area contributed by atoms with Gasteiger partial charge < -0.3 is 9.84 Å². The summed E-state index contributed by atoms with van der Waals surface area (Å²) in [5.74, 6) is 0.632. The highest BCUT2D eigenvalue weighted by atomic mass is 16.5. The van der Waals surface area contributed by atoms with Gasteiger partial charge in [0, 0.05) is 5.39 Å². The quantitative estimate of drug-likeness (QED) is 0.543. The number of aromatic hydroxyl groups is 1. The van der Waals surface area contributed by atoms with Gasteiger partial charge in [0.15, 0.2) is 0 Å². The molecule has 0 saturated heterocycles. The van der Waals surface area contributed by atoms with Crippen molar-refractivity contribution in [2.24, 2.45) is 10.2 Å². The Bertz CT molecular complexity index is 1030. The van der Waals surface area contributed by atoms with E-state index in [1.54, 1.807) is 30.3 Å². The number of hydrogen-bond acceptors (Lipinski definition) is 7. The number of aromatic nitrogens is 4. The third kappa shape index (κ3) is 3.13. The van der Waals surface area contributed by atoms with Gasteiger partial charge in [0.25, 0.3) is 0 Å². The normalized spacial score (nSPS) is 11.2. The van der Waals surface area contributed by atoms with Crippen LogP contribution in [0.3, 0.4) is 0 Å².